The molecule has 0 aromatic heterocycles. The zero-order valence-corrected chi connectivity index (χ0v) is 14.1. The summed E-state index contributed by atoms with van der Waals surface area (Å²) in [6.07, 6.45) is 1.94. The molecule has 3 amide bonds. The summed E-state index contributed by atoms with van der Waals surface area (Å²) in [5, 5.41) is 12.9. The lowest BCUT2D eigenvalue weighted by Gasteiger charge is -2.22. The average molecular weight is 332 g/mol. The topological polar surface area (TPSA) is 78.9 Å². The minimum Gasteiger partial charge on any atom is -0.491 e. The highest BCUT2D eigenvalue weighted by Gasteiger charge is 2.56. The fourth-order valence-electron chi connectivity index (χ4n) is 3.10. The van der Waals surface area contributed by atoms with E-state index in [1.165, 1.54) is 5.56 Å². The molecule has 6 heteroatoms. The summed E-state index contributed by atoms with van der Waals surface area (Å²) in [5.74, 6) is 0.622. The number of nitrogens with zero attached hydrogens (tertiary/aromatic N) is 1. The maximum absolute atomic E-state index is 12.5. The summed E-state index contributed by atoms with van der Waals surface area (Å²) in [6, 6.07) is 7.22. The Morgan fingerprint density at radius 1 is 1.33 bits per heavy atom. The van der Waals surface area contributed by atoms with Crippen molar-refractivity contribution in [2.24, 2.45) is 5.92 Å². The fourth-order valence-corrected chi connectivity index (χ4v) is 3.10. The number of carbonyl (C=O) groups excluding carboxylic acids is 2. The molecule has 6 nitrogen and oxygen atoms in total. The van der Waals surface area contributed by atoms with Gasteiger partial charge in [-0.1, -0.05) is 19.1 Å². The molecule has 1 heterocycles. The first-order chi connectivity index (χ1) is 11.4. The number of benzene rings is 1. The lowest BCUT2D eigenvalue weighted by atomic mass is 9.96. The van der Waals surface area contributed by atoms with Gasteiger partial charge in [0.2, 0.25) is 0 Å². The zero-order chi connectivity index (χ0) is 17.3. The number of urea groups is 1. The van der Waals surface area contributed by atoms with E-state index in [1.54, 1.807) is 6.92 Å². The number of carbonyl (C=O) groups is 2. The summed E-state index contributed by atoms with van der Waals surface area (Å²) in [4.78, 5) is 25.6. The molecule has 0 unspecified atom stereocenters. The van der Waals surface area contributed by atoms with Crippen LogP contribution in [0.4, 0.5) is 4.79 Å². The van der Waals surface area contributed by atoms with E-state index >= 15 is 0 Å². The van der Waals surface area contributed by atoms with Crippen molar-refractivity contribution < 1.29 is 19.4 Å². The van der Waals surface area contributed by atoms with Crippen LogP contribution in [0.2, 0.25) is 0 Å². The molecule has 2 fully saturated rings. The molecule has 0 bridgehead atoms. The van der Waals surface area contributed by atoms with Gasteiger partial charge < -0.3 is 15.2 Å². The predicted molar refractivity (Wildman–Crippen MR) is 88.7 cm³/mol. The van der Waals surface area contributed by atoms with Gasteiger partial charge in [-0.15, -0.1) is 0 Å². The van der Waals surface area contributed by atoms with Gasteiger partial charge >= 0.3 is 6.03 Å². The first-order valence-corrected chi connectivity index (χ1v) is 8.48. The van der Waals surface area contributed by atoms with Crippen molar-refractivity contribution in [3.05, 3.63) is 29.8 Å². The number of hydrogen-bond donors (Lipinski definition) is 2. The van der Waals surface area contributed by atoms with Crippen molar-refractivity contribution in [3.63, 3.8) is 0 Å². The molecule has 2 aliphatic rings. The van der Waals surface area contributed by atoms with Crippen molar-refractivity contribution >= 4 is 11.9 Å². The Labute approximate surface area is 141 Å². The highest BCUT2D eigenvalue weighted by molar-refractivity contribution is 6.07. The summed E-state index contributed by atoms with van der Waals surface area (Å²) in [5.41, 5.74) is 0.398. The Kier molecular flexibility index (Phi) is 4.49. The lowest BCUT2D eigenvalue weighted by Crippen LogP contribution is -2.46. The van der Waals surface area contributed by atoms with E-state index in [-0.39, 0.29) is 25.0 Å². The third-order valence-corrected chi connectivity index (χ3v) is 4.86. The minimum atomic E-state index is -0.924. The summed E-state index contributed by atoms with van der Waals surface area (Å²) in [7, 11) is 0. The van der Waals surface area contributed by atoms with Crippen LogP contribution in [0.5, 0.6) is 5.75 Å². The zero-order valence-electron chi connectivity index (χ0n) is 14.1. The van der Waals surface area contributed by atoms with Gasteiger partial charge in [0.05, 0.1) is 6.54 Å². The molecule has 1 saturated carbocycles. The maximum Gasteiger partial charge on any atom is 0.325 e. The van der Waals surface area contributed by atoms with Crippen LogP contribution in [0.25, 0.3) is 0 Å². The second-order valence-electron chi connectivity index (χ2n) is 6.78. The van der Waals surface area contributed by atoms with Crippen molar-refractivity contribution in [1.82, 2.24) is 10.2 Å². The van der Waals surface area contributed by atoms with Crippen LogP contribution in [0.1, 0.15) is 32.3 Å². The lowest BCUT2D eigenvalue weighted by molar-refractivity contribution is -0.132. The molecule has 130 valence electrons. The molecule has 1 saturated heterocycles. The Morgan fingerprint density at radius 3 is 2.58 bits per heavy atom. The summed E-state index contributed by atoms with van der Waals surface area (Å²) in [6.45, 7) is 3.82. The Hall–Kier alpha value is -2.08. The van der Waals surface area contributed by atoms with E-state index < -0.39 is 17.7 Å². The summed E-state index contributed by atoms with van der Waals surface area (Å²) >= 11 is 0. The monoisotopic (exact) mass is 332 g/mol. The van der Waals surface area contributed by atoms with Crippen LogP contribution >= 0.6 is 0 Å². The van der Waals surface area contributed by atoms with Crippen LogP contribution < -0.4 is 10.1 Å². The Bertz CT molecular complexity index is 626. The second-order valence-corrected chi connectivity index (χ2v) is 6.78. The second kappa shape index (κ2) is 6.43. The standard InChI is InChI=1S/C18H24N2O4/c1-3-12-4-8-15(9-5-12)24-11-14(21)10-20-16(22)18(2,13-6-7-13)19-17(20)23/h4-5,8-9,13-14,21H,3,6-7,10-11H2,1-2H3,(H,19,23)/t14-,18+/m1/s1. The number of imide groups is 1. The molecule has 1 aromatic carbocycles. The van der Waals surface area contributed by atoms with E-state index in [4.69, 9.17) is 4.74 Å². The van der Waals surface area contributed by atoms with Crippen LogP contribution in [-0.4, -0.2) is 46.7 Å². The third kappa shape index (κ3) is 3.24. The number of hydrogen-bond acceptors (Lipinski definition) is 4. The highest BCUT2D eigenvalue weighted by atomic mass is 16.5. The Balaban J connectivity index is 1.53. The maximum atomic E-state index is 12.5. The molecule has 24 heavy (non-hydrogen) atoms. The molecule has 2 N–H and O–H groups in total. The molecule has 1 aliphatic heterocycles. The Morgan fingerprint density at radius 2 is 2.00 bits per heavy atom. The first kappa shape index (κ1) is 16.8. The molecule has 3 rings (SSSR count). The molecular weight excluding hydrogens is 308 g/mol. The minimum absolute atomic E-state index is 0.0304. The first-order valence-electron chi connectivity index (χ1n) is 8.48. The highest BCUT2D eigenvalue weighted by Crippen LogP contribution is 2.42. The largest absolute Gasteiger partial charge is 0.491 e. The quantitative estimate of drug-likeness (QED) is 0.745. The van der Waals surface area contributed by atoms with Crippen molar-refractivity contribution in [2.75, 3.05) is 13.2 Å². The van der Waals surface area contributed by atoms with Crippen LogP contribution in [0.15, 0.2) is 24.3 Å². The molecular formula is C18H24N2O4. The van der Waals surface area contributed by atoms with E-state index in [0.29, 0.717) is 5.75 Å². The normalized spacial score (nSPS) is 24.9. The predicted octanol–water partition coefficient (Wildman–Crippen LogP) is 1.71. The van der Waals surface area contributed by atoms with Gasteiger partial charge in [0.1, 0.15) is 24.0 Å². The SMILES string of the molecule is CCc1ccc(OC[C@H](O)CN2C(=O)N[C@@](C)(C3CC3)C2=O)cc1. The number of aliphatic hydroxyl groups excluding tert-OH is 1. The number of amides is 3. The van der Waals surface area contributed by atoms with Crippen LogP contribution in [0.3, 0.4) is 0 Å². The van der Waals surface area contributed by atoms with Gasteiger partial charge in [-0.2, -0.15) is 0 Å². The van der Waals surface area contributed by atoms with Crippen molar-refractivity contribution in [2.45, 2.75) is 44.8 Å². The number of β-amino-alcohol motifs (C(OH)–C–C–N with tert-alkyl or cyclic N) is 1. The smallest absolute Gasteiger partial charge is 0.325 e. The van der Waals surface area contributed by atoms with Crippen LogP contribution in [0, 0.1) is 5.92 Å². The number of ether oxygens (including phenoxy) is 1. The van der Waals surface area contributed by atoms with Crippen LogP contribution in [-0.2, 0) is 11.2 Å². The number of nitrogens with one attached hydrogen (secondary N) is 1. The van der Waals surface area contributed by atoms with Crippen molar-refractivity contribution in [1.29, 1.82) is 0 Å². The van der Waals surface area contributed by atoms with E-state index in [0.717, 1.165) is 24.2 Å². The number of aryl methyl sites for hydroxylation is 1. The molecule has 0 spiro atoms. The van der Waals surface area contributed by atoms with E-state index in [2.05, 4.69) is 12.2 Å². The average Bonchev–Trinajstić information content (AvgIpc) is 3.40. The number of aliphatic hydroxyl groups is 1. The molecule has 1 aromatic rings. The number of rotatable bonds is 7. The fraction of sp³-hybridized carbons (Fsp3) is 0.556. The van der Waals surface area contributed by atoms with Gasteiger partial charge in [0.25, 0.3) is 5.91 Å². The van der Waals surface area contributed by atoms with Crippen molar-refractivity contribution in [3.8, 4) is 5.75 Å². The molecule has 0 radical (unpaired) electrons. The van der Waals surface area contributed by atoms with E-state index in [9.17, 15) is 14.7 Å². The van der Waals surface area contributed by atoms with E-state index in [1.807, 2.05) is 24.3 Å². The van der Waals surface area contributed by atoms with Gasteiger partial charge in [-0.25, -0.2) is 4.79 Å². The van der Waals surface area contributed by atoms with Gasteiger partial charge in [0, 0.05) is 0 Å². The van der Waals surface area contributed by atoms with Gasteiger partial charge in [0.15, 0.2) is 0 Å². The third-order valence-electron chi connectivity index (χ3n) is 4.86. The van der Waals surface area contributed by atoms with Gasteiger partial charge in [-0.3, -0.25) is 9.69 Å². The molecule has 2 atom stereocenters. The summed E-state index contributed by atoms with van der Waals surface area (Å²) < 4.78 is 5.54. The van der Waals surface area contributed by atoms with Gasteiger partial charge in [-0.05, 0) is 49.8 Å². The molecule has 1 aliphatic carbocycles.